The molecule has 5 rings (SSSR count). The fraction of sp³-hybridized carbons (Fsp3) is 0.765. The number of hydrogen-bond acceptors (Lipinski definition) is 2. The first kappa shape index (κ1) is 13.8. The molecule has 4 aliphatic rings. The first-order valence-corrected chi connectivity index (χ1v) is 9.76. The smallest absolute Gasteiger partial charge is 0.0302 e. The fourth-order valence-corrected chi connectivity index (χ4v) is 7.03. The Morgan fingerprint density at radius 1 is 1.25 bits per heavy atom. The van der Waals surface area contributed by atoms with Crippen molar-refractivity contribution in [3.8, 4) is 0 Å². The molecular weight excluding hydrogens is 330 g/mol. The van der Waals surface area contributed by atoms with Crippen molar-refractivity contribution in [1.29, 1.82) is 0 Å². The second-order valence-corrected chi connectivity index (χ2v) is 9.53. The van der Waals surface area contributed by atoms with Crippen LogP contribution in [0.5, 0.6) is 0 Å². The number of thiophene rings is 1. The quantitative estimate of drug-likeness (QED) is 0.783. The summed E-state index contributed by atoms with van der Waals surface area (Å²) in [4.78, 5) is 1.45. The van der Waals surface area contributed by atoms with Gasteiger partial charge >= 0.3 is 0 Å². The van der Waals surface area contributed by atoms with Gasteiger partial charge in [0.15, 0.2) is 0 Å². The van der Waals surface area contributed by atoms with Gasteiger partial charge < -0.3 is 5.32 Å². The predicted octanol–water partition coefficient (Wildman–Crippen LogP) is 5.21. The van der Waals surface area contributed by atoms with Crippen LogP contribution >= 0.6 is 27.3 Å². The largest absolute Gasteiger partial charge is 0.309 e. The molecule has 4 aliphatic carbocycles. The van der Waals surface area contributed by atoms with E-state index in [9.17, 15) is 0 Å². The maximum atomic E-state index is 3.86. The lowest BCUT2D eigenvalue weighted by Crippen LogP contribution is -2.54. The fourth-order valence-electron chi connectivity index (χ4n) is 5.62. The minimum atomic E-state index is 0.628. The molecule has 0 aliphatic heterocycles. The highest BCUT2D eigenvalue weighted by atomic mass is 79.9. The van der Waals surface area contributed by atoms with E-state index in [2.05, 4.69) is 39.6 Å². The number of rotatable bonds is 4. The van der Waals surface area contributed by atoms with Gasteiger partial charge in [-0.25, -0.2) is 0 Å². The van der Waals surface area contributed by atoms with Crippen molar-refractivity contribution in [3.63, 3.8) is 0 Å². The molecule has 1 unspecified atom stereocenters. The maximum Gasteiger partial charge on any atom is 0.0302 e. The molecule has 110 valence electrons. The Morgan fingerprint density at radius 2 is 1.85 bits per heavy atom. The average Bonchev–Trinajstić information content (AvgIpc) is 2.80. The van der Waals surface area contributed by atoms with Crippen LogP contribution in [-0.4, -0.2) is 6.04 Å². The summed E-state index contributed by atoms with van der Waals surface area (Å²) in [6, 6.07) is 2.93. The molecule has 1 aromatic rings. The van der Waals surface area contributed by atoms with Crippen molar-refractivity contribution in [1.82, 2.24) is 5.32 Å². The lowest BCUT2D eigenvalue weighted by Gasteiger charge is -2.59. The summed E-state index contributed by atoms with van der Waals surface area (Å²) in [5, 5.41) is 6.05. The predicted molar refractivity (Wildman–Crippen MR) is 88.9 cm³/mol. The minimum Gasteiger partial charge on any atom is -0.309 e. The molecule has 1 atom stereocenters. The summed E-state index contributed by atoms with van der Waals surface area (Å²) in [5.41, 5.74) is 0.628. The Hall–Kier alpha value is 0.140. The first-order valence-electron chi connectivity index (χ1n) is 8.09. The third-order valence-electron chi connectivity index (χ3n) is 6.21. The Labute approximate surface area is 134 Å². The van der Waals surface area contributed by atoms with Crippen LogP contribution in [0.1, 0.15) is 50.3 Å². The second kappa shape index (κ2) is 5.10. The molecule has 1 N–H and O–H groups in total. The topological polar surface area (TPSA) is 12.0 Å². The van der Waals surface area contributed by atoms with Crippen molar-refractivity contribution in [2.45, 2.75) is 58.0 Å². The van der Waals surface area contributed by atoms with E-state index >= 15 is 0 Å². The van der Waals surface area contributed by atoms with Crippen LogP contribution < -0.4 is 5.32 Å². The summed E-state index contributed by atoms with van der Waals surface area (Å²) in [6.07, 6.45) is 9.14. The highest BCUT2D eigenvalue weighted by Gasteiger charge is 2.52. The average molecular weight is 354 g/mol. The van der Waals surface area contributed by atoms with Crippen LogP contribution in [0.15, 0.2) is 15.9 Å². The standard InChI is InChI=1S/C17H24BrNS/c1-11(19-9-16-5-15(18)10-20-16)17-6-12-2-13(7-17)4-14(3-12)8-17/h5,10-14,19H,2-4,6-9H2,1H3. The molecule has 3 heteroatoms. The Morgan fingerprint density at radius 3 is 2.35 bits per heavy atom. The molecule has 1 aromatic heterocycles. The molecule has 0 saturated heterocycles. The molecule has 0 amide bonds. The van der Waals surface area contributed by atoms with Crippen molar-refractivity contribution < 1.29 is 0 Å². The van der Waals surface area contributed by atoms with Gasteiger partial charge in [-0.2, -0.15) is 0 Å². The lowest BCUT2D eigenvalue weighted by molar-refractivity contribution is -0.0706. The van der Waals surface area contributed by atoms with E-state index < -0.39 is 0 Å². The van der Waals surface area contributed by atoms with Gasteiger partial charge in [0.25, 0.3) is 0 Å². The van der Waals surface area contributed by atoms with E-state index in [1.165, 1.54) is 28.6 Å². The van der Waals surface area contributed by atoms with Crippen LogP contribution in [0.25, 0.3) is 0 Å². The monoisotopic (exact) mass is 353 g/mol. The van der Waals surface area contributed by atoms with E-state index in [0.29, 0.717) is 11.5 Å². The van der Waals surface area contributed by atoms with Crippen molar-refractivity contribution in [2.75, 3.05) is 0 Å². The number of nitrogens with one attached hydrogen (secondary N) is 1. The number of hydrogen-bond donors (Lipinski definition) is 1. The van der Waals surface area contributed by atoms with Crippen LogP contribution in [0.3, 0.4) is 0 Å². The molecule has 4 bridgehead atoms. The zero-order chi connectivity index (χ0) is 13.7. The minimum absolute atomic E-state index is 0.628. The van der Waals surface area contributed by atoms with Gasteiger partial charge in [-0.3, -0.25) is 0 Å². The molecule has 0 aromatic carbocycles. The van der Waals surface area contributed by atoms with Crippen molar-refractivity contribution >= 4 is 27.3 Å². The maximum absolute atomic E-state index is 3.86. The van der Waals surface area contributed by atoms with Gasteiger partial charge in [0.2, 0.25) is 0 Å². The zero-order valence-electron chi connectivity index (χ0n) is 12.2. The van der Waals surface area contributed by atoms with Crippen LogP contribution in [0, 0.1) is 23.2 Å². The van der Waals surface area contributed by atoms with Crippen LogP contribution in [0.2, 0.25) is 0 Å². The van der Waals surface area contributed by atoms with Gasteiger partial charge in [-0.05, 0) is 90.6 Å². The van der Waals surface area contributed by atoms with Gasteiger partial charge in [-0.1, -0.05) is 0 Å². The zero-order valence-corrected chi connectivity index (χ0v) is 14.6. The van der Waals surface area contributed by atoms with Gasteiger partial charge in [0.1, 0.15) is 0 Å². The molecule has 1 nitrogen and oxygen atoms in total. The third-order valence-corrected chi connectivity index (χ3v) is 7.91. The highest BCUT2D eigenvalue weighted by Crippen LogP contribution is 2.61. The molecule has 0 radical (unpaired) electrons. The summed E-state index contributed by atoms with van der Waals surface area (Å²) < 4.78 is 1.22. The Kier molecular flexibility index (Phi) is 3.51. The highest BCUT2D eigenvalue weighted by molar-refractivity contribution is 9.10. The van der Waals surface area contributed by atoms with E-state index in [-0.39, 0.29) is 0 Å². The second-order valence-electron chi connectivity index (χ2n) is 7.61. The van der Waals surface area contributed by atoms with Gasteiger partial charge in [0, 0.05) is 27.3 Å². The molecule has 0 spiro atoms. The van der Waals surface area contributed by atoms with Crippen LogP contribution in [-0.2, 0) is 6.54 Å². The van der Waals surface area contributed by atoms with Crippen LogP contribution in [0.4, 0.5) is 0 Å². The van der Waals surface area contributed by atoms with E-state index in [1.807, 2.05) is 11.3 Å². The summed E-state index contributed by atoms with van der Waals surface area (Å²) >= 11 is 5.41. The van der Waals surface area contributed by atoms with E-state index in [1.54, 1.807) is 19.3 Å². The molecule has 4 saturated carbocycles. The molecular formula is C17H24BrNS. The Balaban J connectivity index is 1.44. The Bertz CT molecular complexity index is 460. The van der Waals surface area contributed by atoms with Gasteiger partial charge in [0.05, 0.1) is 0 Å². The van der Waals surface area contributed by atoms with Crippen molar-refractivity contribution in [3.05, 3.63) is 20.8 Å². The van der Waals surface area contributed by atoms with E-state index in [0.717, 1.165) is 24.3 Å². The van der Waals surface area contributed by atoms with Crippen molar-refractivity contribution in [2.24, 2.45) is 23.2 Å². The lowest BCUT2D eigenvalue weighted by atomic mass is 9.48. The summed E-state index contributed by atoms with van der Waals surface area (Å²) in [5.74, 6) is 3.17. The molecule has 20 heavy (non-hydrogen) atoms. The van der Waals surface area contributed by atoms with E-state index in [4.69, 9.17) is 0 Å². The first-order chi connectivity index (χ1) is 9.63. The number of halogens is 1. The molecule has 1 heterocycles. The SMILES string of the molecule is CC(NCc1cc(Br)cs1)C12CC3CC(CC(C3)C1)C2. The summed E-state index contributed by atoms with van der Waals surface area (Å²) in [7, 11) is 0. The normalized spacial score (nSPS) is 40.2. The third kappa shape index (κ3) is 2.40. The summed E-state index contributed by atoms with van der Waals surface area (Å²) in [6.45, 7) is 3.50. The van der Waals surface area contributed by atoms with Gasteiger partial charge in [-0.15, -0.1) is 11.3 Å². The molecule has 4 fully saturated rings.